The number of hydrogen-bond acceptors (Lipinski definition) is 8. The number of Topliss-reactive ketones (excluding diaryl/α,β-unsaturated/α-hetero) is 1. The van der Waals surface area contributed by atoms with E-state index in [0.717, 1.165) is 5.57 Å². The average molecular weight is 599 g/mol. The van der Waals surface area contributed by atoms with E-state index in [4.69, 9.17) is 18.6 Å². The molecule has 8 nitrogen and oxygen atoms in total. The third-order valence-electron chi connectivity index (χ3n) is 10.7. The van der Waals surface area contributed by atoms with Crippen LogP contribution in [0.2, 0.25) is 19.6 Å². The molecule has 5 rings (SSSR count). The molecule has 1 heterocycles. The van der Waals surface area contributed by atoms with Gasteiger partial charge in [-0.1, -0.05) is 45.9 Å². The van der Waals surface area contributed by atoms with E-state index in [1.807, 2.05) is 33.8 Å². The van der Waals surface area contributed by atoms with Crippen molar-refractivity contribution in [3.8, 4) is 0 Å². The van der Waals surface area contributed by atoms with Crippen LogP contribution in [0.5, 0.6) is 0 Å². The van der Waals surface area contributed by atoms with Crippen LogP contribution in [0.1, 0.15) is 71.2 Å². The second-order valence-electron chi connectivity index (χ2n) is 14.8. The number of ketones is 1. The first kappa shape index (κ1) is 31.1. The molecule has 0 aromatic heterocycles. The van der Waals surface area contributed by atoms with E-state index in [9.17, 15) is 19.5 Å². The van der Waals surface area contributed by atoms with E-state index in [-0.39, 0.29) is 31.1 Å². The molecule has 2 saturated carbocycles. The number of carbonyl (C=O) groups is 3. The monoisotopic (exact) mass is 598 g/mol. The summed E-state index contributed by atoms with van der Waals surface area (Å²) < 4.78 is 25.3. The Morgan fingerprint density at radius 1 is 1.10 bits per heavy atom. The van der Waals surface area contributed by atoms with Gasteiger partial charge in [-0.15, -0.1) is 0 Å². The molecule has 1 aromatic carbocycles. The minimum absolute atomic E-state index is 0.0522. The van der Waals surface area contributed by atoms with Gasteiger partial charge in [-0.2, -0.15) is 0 Å². The standard InChI is InChI=1S/C33H46O8Si/c1-19-15-25-32(18-38-25,40-21(3)34)27-28(39-29(36)22-13-11-10-12-14-22)33(37)17-24(41-42(7,8)9)20(2)26(30(33,4)5)23(35)16-31(19,27)6/h10-14,19,24-25,27-28,37H,15-18H2,1-9H3/t19-,24-,25+,27?,28-,31+,32-,33+/m0/s1. The lowest BCUT2D eigenvalue weighted by atomic mass is 9.44. The molecular weight excluding hydrogens is 552 g/mol. The van der Waals surface area contributed by atoms with Crippen LogP contribution in [0.4, 0.5) is 0 Å². The van der Waals surface area contributed by atoms with Crippen molar-refractivity contribution in [3.63, 3.8) is 0 Å². The maximum Gasteiger partial charge on any atom is 0.338 e. The summed E-state index contributed by atoms with van der Waals surface area (Å²) >= 11 is 0. The van der Waals surface area contributed by atoms with Crippen LogP contribution >= 0.6 is 0 Å². The van der Waals surface area contributed by atoms with E-state index < -0.39 is 66.5 Å². The zero-order valence-corrected chi connectivity index (χ0v) is 27.4. The summed E-state index contributed by atoms with van der Waals surface area (Å²) in [5, 5.41) is 13.2. The van der Waals surface area contributed by atoms with Crippen molar-refractivity contribution in [2.24, 2.45) is 22.7 Å². The molecule has 0 radical (unpaired) electrons. The number of rotatable bonds is 5. The SMILES string of the molecule is CC(=O)O[C@@]12CO[C@@H]1C[C@H](C)[C@@]1(C)CC(=O)C3=C(C)[C@@H](O[Si](C)(C)C)C[C@@](O)([C@@H](OC(=O)c4ccccc4)C12)C3(C)C. The molecular formula is C33H46O8Si. The fraction of sp³-hybridized carbons (Fsp3) is 0.667. The molecule has 1 unspecified atom stereocenters. The van der Waals surface area contributed by atoms with Crippen LogP contribution < -0.4 is 0 Å². The first-order chi connectivity index (χ1) is 19.4. The maximum absolute atomic E-state index is 14.5. The number of carbonyl (C=O) groups excluding carboxylic acids is 3. The van der Waals surface area contributed by atoms with Crippen molar-refractivity contribution >= 4 is 26.0 Å². The second-order valence-corrected chi connectivity index (χ2v) is 19.3. The van der Waals surface area contributed by atoms with E-state index in [0.29, 0.717) is 17.6 Å². The van der Waals surface area contributed by atoms with Crippen LogP contribution in [0.15, 0.2) is 41.5 Å². The van der Waals surface area contributed by atoms with Crippen molar-refractivity contribution in [2.45, 2.75) is 110 Å². The van der Waals surface area contributed by atoms with Crippen LogP contribution in [-0.4, -0.2) is 67.3 Å². The number of aliphatic hydroxyl groups is 1. The van der Waals surface area contributed by atoms with E-state index in [2.05, 4.69) is 26.6 Å². The Hall–Kier alpha value is -2.33. The average Bonchev–Trinajstić information content (AvgIpc) is 2.86. The third-order valence-corrected chi connectivity index (χ3v) is 11.7. The van der Waals surface area contributed by atoms with Gasteiger partial charge in [-0.25, -0.2) is 4.79 Å². The molecule has 8 atom stereocenters. The van der Waals surface area contributed by atoms with Gasteiger partial charge >= 0.3 is 11.9 Å². The lowest BCUT2D eigenvalue weighted by Gasteiger charge is -2.68. The summed E-state index contributed by atoms with van der Waals surface area (Å²) in [5.74, 6) is -1.89. The maximum atomic E-state index is 14.5. The van der Waals surface area contributed by atoms with Gasteiger partial charge in [0.1, 0.15) is 17.8 Å². The van der Waals surface area contributed by atoms with Crippen LogP contribution in [0.3, 0.4) is 0 Å². The summed E-state index contributed by atoms with van der Waals surface area (Å²) in [6, 6.07) is 8.70. The fourth-order valence-electron chi connectivity index (χ4n) is 8.48. The number of fused-ring (bicyclic) bond motifs is 5. The molecule has 3 fully saturated rings. The Morgan fingerprint density at radius 2 is 1.74 bits per heavy atom. The molecule has 230 valence electrons. The molecule has 1 aromatic rings. The first-order valence-corrected chi connectivity index (χ1v) is 18.5. The first-order valence-electron chi connectivity index (χ1n) is 15.1. The zero-order valence-electron chi connectivity index (χ0n) is 26.4. The summed E-state index contributed by atoms with van der Waals surface area (Å²) in [6.07, 6.45) is -1.25. The third kappa shape index (κ3) is 4.62. The van der Waals surface area contributed by atoms with Gasteiger partial charge in [-0.05, 0) is 62.0 Å². The van der Waals surface area contributed by atoms with Gasteiger partial charge in [-0.3, -0.25) is 9.59 Å². The van der Waals surface area contributed by atoms with Gasteiger partial charge < -0.3 is 23.7 Å². The quantitative estimate of drug-likeness (QED) is 0.362. The molecule has 9 heteroatoms. The molecule has 3 aliphatic carbocycles. The molecule has 0 amide bonds. The predicted octanol–water partition coefficient (Wildman–Crippen LogP) is 5.25. The van der Waals surface area contributed by atoms with Gasteiger partial charge in [0, 0.05) is 36.7 Å². The number of benzene rings is 1. The molecule has 0 spiro atoms. The predicted molar refractivity (Wildman–Crippen MR) is 159 cm³/mol. The number of ether oxygens (including phenoxy) is 3. The van der Waals surface area contributed by atoms with Gasteiger partial charge in [0.2, 0.25) is 0 Å². The Morgan fingerprint density at radius 3 is 2.29 bits per heavy atom. The Kier molecular flexibility index (Phi) is 7.49. The van der Waals surface area contributed by atoms with E-state index in [1.165, 1.54) is 6.92 Å². The van der Waals surface area contributed by atoms with Crippen molar-refractivity contribution in [1.82, 2.24) is 0 Å². The molecule has 4 aliphatic rings. The Balaban J connectivity index is 1.78. The van der Waals surface area contributed by atoms with Crippen molar-refractivity contribution in [3.05, 3.63) is 47.0 Å². The van der Waals surface area contributed by atoms with Gasteiger partial charge in [0.25, 0.3) is 0 Å². The molecule has 1 N–H and O–H groups in total. The fourth-order valence-corrected chi connectivity index (χ4v) is 9.60. The normalized spacial score (nSPS) is 39.2. The highest BCUT2D eigenvalue weighted by Gasteiger charge is 2.75. The topological polar surface area (TPSA) is 108 Å². The van der Waals surface area contributed by atoms with E-state index in [1.54, 1.807) is 24.3 Å². The highest BCUT2D eigenvalue weighted by molar-refractivity contribution is 6.69. The molecule has 42 heavy (non-hydrogen) atoms. The van der Waals surface area contributed by atoms with Crippen molar-refractivity contribution in [1.29, 1.82) is 0 Å². The summed E-state index contributed by atoms with van der Waals surface area (Å²) in [7, 11) is -2.14. The van der Waals surface area contributed by atoms with E-state index >= 15 is 0 Å². The van der Waals surface area contributed by atoms with Crippen molar-refractivity contribution < 1.29 is 38.1 Å². The number of hydrogen-bond donors (Lipinski definition) is 1. The minimum Gasteiger partial charge on any atom is -0.455 e. The van der Waals surface area contributed by atoms with Crippen LogP contribution in [0, 0.1) is 22.7 Å². The van der Waals surface area contributed by atoms with Gasteiger partial charge in [0.15, 0.2) is 19.7 Å². The second kappa shape index (κ2) is 10.1. The Labute approximate surface area is 250 Å². The zero-order chi connectivity index (χ0) is 31.0. The number of esters is 2. The summed E-state index contributed by atoms with van der Waals surface area (Å²) in [6.45, 7) is 17.4. The minimum atomic E-state index is -2.14. The largest absolute Gasteiger partial charge is 0.455 e. The highest BCUT2D eigenvalue weighted by atomic mass is 28.4. The highest BCUT2D eigenvalue weighted by Crippen LogP contribution is 2.65. The summed E-state index contributed by atoms with van der Waals surface area (Å²) in [4.78, 5) is 41.0. The van der Waals surface area contributed by atoms with Crippen LogP contribution in [-0.2, 0) is 28.2 Å². The lowest BCUT2D eigenvalue weighted by Crippen LogP contribution is -2.79. The Bertz CT molecular complexity index is 1310. The lowest BCUT2D eigenvalue weighted by molar-refractivity contribution is -0.343. The molecule has 1 saturated heterocycles. The molecule has 2 bridgehead atoms. The smallest absolute Gasteiger partial charge is 0.338 e. The summed E-state index contributed by atoms with van der Waals surface area (Å²) in [5.41, 5.74) is -3.06. The van der Waals surface area contributed by atoms with Gasteiger partial charge in [0.05, 0.1) is 18.3 Å². The van der Waals surface area contributed by atoms with Crippen molar-refractivity contribution in [2.75, 3.05) is 6.61 Å². The molecule has 1 aliphatic heterocycles. The van der Waals surface area contributed by atoms with Crippen LogP contribution in [0.25, 0.3) is 0 Å².